The Kier molecular flexibility index (Phi) is 4.51. The zero-order chi connectivity index (χ0) is 19.0. The van der Waals surface area contributed by atoms with E-state index in [-0.39, 0.29) is 11.8 Å². The van der Waals surface area contributed by atoms with E-state index in [1.54, 1.807) is 0 Å². The molecule has 1 atom stereocenters. The van der Waals surface area contributed by atoms with Crippen molar-refractivity contribution >= 4 is 5.91 Å². The Morgan fingerprint density at radius 3 is 2.81 bits per heavy atom. The normalized spacial score (nSPS) is 17.0. The first-order chi connectivity index (χ1) is 13.0. The number of carbonyl (C=O) groups excluding carboxylic acids is 1. The van der Waals surface area contributed by atoms with Crippen LogP contribution in [0.5, 0.6) is 0 Å². The van der Waals surface area contributed by atoms with E-state index in [0.29, 0.717) is 18.2 Å². The molecule has 0 spiro atoms. The lowest BCUT2D eigenvalue weighted by Crippen LogP contribution is -2.28. The molecule has 2 N–H and O–H groups in total. The minimum absolute atomic E-state index is 0.0108. The van der Waals surface area contributed by atoms with Gasteiger partial charge in [0.2, 0.25) is 0 Å². The number of aromatic amines is 2. The predicted octanol–water partition coefficient (Wildman–Crippen LogP) is 3.26. The van der Waals surface area contributed by atoms with Crippen LogP contribution in [0.3, 0.4) is 0 Å². The van der Waals surface area contributed by atoms with E-state index in [9.17, 15) is 4.79 Å². The summed E-state index contributed by atoms with van der Waals surface area (Å²) in [7, 11) is 0. The minimum Gasteiger partial charge on any atom is -0.337 e. The van der Waals surface area contributed by atoms with E-state index in [0.717, 1.165) is 41.2 Å². The SMILES string of the molecule is Cc1cc(-c2cn[nH]c2)cc(C2CCN(C(=O)c3cc(C(C)C)[nH]n3)C2)n1. The lowest BCUT2D eigenvalue weighted by Gasteiger charge is -2.15. The standard InChI is InChI=1S/C20H24N6O/c1-12(2)17-8-19(25-24-17)20(27)26-5-4-14(11-26)18-7-15(6-13(3)23-18)16-9-21-22-10-16/h6-10,12,14H,4-5,11H2,1-3H3,(H,21,22)(H,24,25). The number of hydrogen-bond acceptors (Lipinski definition) is 4. The molecule has 0 radical (unpaired) electrons. The van der Waals surface area contributed by atoms with Crippen molar-refractivity contribution in [2.75, 3.05) is 13.1 Å². The highest BCUT2D eigenvalue weighted by molar-refractivity contribution is 5.92. The fraction of sp³-hybridized carbons (Fsp3) is 0.400. The van der Waals surface area contributed by atoms with Crippen molar-refractivity contribution in [3.8, 4) is 11.1 Å². The Morgan fingerprint density at radius 2 is 2.11 bits per heavy atom. The molecule has 3 aromatic rings. The fourth-order valence-corrected chi connectivity index (χ4v) is 3.57. The van der Waals surface area contributed by atoms with Crippen LogP contribution in [-0.2, 0) is 0 Å². The molecule has 140 valence electrons. The van der Waals surface area contributed by atoms with Crippen LogP contribution in [0, 0.1) is 6.92 Å². The van der Waals surface area contributed by atoms with Crippen LogP contribution >= 0.6 is 0 Å². The Hall–Kier alpha value is -2.96. The number of rotatable bonds is 4. The summed E-state index contributed by atoms with van der Waals surface area (Å²) in [4.78, 5) is 19.4. The van der Waals surface area contributed by atoms with Crippen molar-refractivity contribution in [3.63, 3.8) is 0 Å². The quantitative estimate of drug-likeness (QED) is 0.743. The number of amides is 1. The second-order valence-electron chi connectivity index (χ2n) is 7.51. The molecule has 4 heterocycles. The summed E-state index contributed by atoms with van der Waals surface area (Å²) in [5.74, 6) is 0.551. The van der Waals surface area contributed by atoms with Gasteiger partial charge in [0.15, 0.2) is 0 Å². The van der Waals surface area contributed by atoms with Crippen LogP contribution in [0.2, 0.25) is 0 Å². The van der Waals surface area contributed by atoms with Gasteiger partial charge in [0.1, 0.15) is 5.69 Å². The van der Waals surface area contributed by atoms with Crippen molar-refractivity contribution in [1.82, 2.24) is 30.3 Å². The lowest BCUT2D eigenvalue weighted by molar-refractivity contribution is 0.0785. The van der Waals surface area contributed by atoms with Gasteiger partial charge in [-0.15, -0.1) is 0 Å². The van der Waals surface area contributed by atoms with Crippen LogP contribution in [-0.4, -0.2) is 49.3 Å². The lowest BCUT2D eigenvalue weighted by atomic mass is 10.00. The van der Waals surface area contributed by atoms with E-state index < -0.39 is 0 Å². The molecular formula is C20H24N6O. The molecule has 1 saturated heterocycles. The maximum absolute atomic E-state index is 12.8. The van der Waals surface area contributed by atoms with Gasteiger partial charge in [0.05, 0.1) is 6.20 Å². The fourth-order valence-electron chi connectivity index (χ4n) is 3.57. The highest BCUT2D eigenvalue weighted by atomic mass is 16.2. The van der Waals surface area contributed by atoms with Crippen LogP contribution in [0.15, 0.2) is 30.6 Å². The van der Waals surface area contributed by atoms with Crippen LogP contribution in [0.4, 0.5) is 0 Å². The summed E-state index contributed by atoms with van der Waals surface area (Å²) >= 11 is 0. The van der Waals surface area contributed by atoms with E-state index in [2.05, 4.69) is 46.4 Å². The summed E-state index contributed by atoms with van der Waals surface area (Å²) in [6.07, 6.45) is 4.61. The molecule has 4 rings (SSSR count). The predicted molar refractivity (Wildman–Crippen MR) is 102 cm³/mol. The summed E-state index contributed by atoms with van der Waals surface area (Å²) in [5.41, 5.74) is 5.64. The van der Waals surface area contributed by atoms with Crippen molar-refractivity contribution in [2.45, 2.75) is 39.0 Å². The first kappa shape index (κ1) is 17.5. The second kappa shape index (κ2) is 6.98. The van der Waals surface area contributed by atoms with E-state index in [1.807, 2.05) is 30.3 Å². The number of hydrogen-bond donors (Lipinski definition) is 2. The molecule has 0 aliphatic carbocycles. The van der Waals surface area contributed by atoms with Crippen LogP contribution in [0.1, 0.15) is 59.7 Å². The number of aryl methyl sites for hydroxylation is 1. The van der Waals surface area contributed by atoms with Gasteiger partial charge in [-0.3, -0.25) is 20.0 Å². The molecule has 1 unspecified atom stereocenters. The molecule has 1 aliphatic rings. The average molecular weight is 364 g/mol. The summed E-state index contributed by atoms with van der Waals surface area (Å²) in [6, 6.07) is 6.04. The van der Waals surface area contributed by atoms with Crippen LogP contribution < -0.4 is 0 Å². The Bertz CT molecular complexity index is 943. The van der Waals surface area contributed by atoms with Crippen molar-refractivity contribution in [1.29, 1.82) is 0 Å². The van der Waals surface area contributed by atoms with Crippen molar-refractivity contribution in [2.24, 2.45) is 0 Å². The third-order valence-corrected chi connectivity index (χ3v) is 5.14. The van der Waals surface area contributed by atoms with Gasteiger partial charge in [-0.05, 0) is 43.0 Å². The number of likely N-dealkylation sites (tertiary alicyclic amines) is 1. The number of aromatic nitrogens is 5. The van der Waals surface area contributed by atoms with Crippen LogP contribution in [0.25, 0.3) is 11.1 Å². The van der Waals surface area contributed by atoms with Gasteiger partial charge >= 0.3 is 0 Å². The average Bonchev–Trinajstić information content (AvgIpc) is 3.42. The highest BCUT2D eigenvalue weighted by Crippen LogP contribution is 2.30. The third-order valence-electron chi connectivity index (χ3n) is 5.14. The molecule has 27 heavy (non-hydrogen) atoms. The molecule has 1 aliphatic heterocycles. The molecule has 1 fully saturated rings. The van der Waals surface area contributed by atoms with Gasteiger partial charge < -0.3 is 4.90 Å². The largest absolute Gasteiger partial charge is 0.337 e. The Labute approximate surface area is 158 Å². The maximum Gasteiger partial charge on any atom is 0.274 e. The second-order valence-corrected chi connectivity index (χ2v) is 7.51. The summed E-state index contributed by atoms with van der Waals surface area (Å²) in [6.45, 7) is 7.56. The number of nitrogens with one attached hydrogen (secondary N) is 2. The Morgan fingerprint density at radius 1 is 1.26 bits per heavy atom. The molecule has 1 amide bonds. The molecule has 3 aromatic heterocycles. The molecule has 7 heteroatoms. The monoisotopic (exact) mass is 364 g/mol. The number of pyridine rings is 1. The zero-order valence-electron chi connectivity index (χ0n) is 15.9. The van der Waals surface area contributed by atoms with Gasteiger partial charge in [-0.2, -0.15) is 10.2 Å². The van der Waals surface area contributed by atoms with Gasteiger partial charge in [-0.1, -0.05) is 13.8 Å². The van der Waals surface area contributed by atoms with Crippen molar-refractivity contribution < 1.29 is 4.79 Å². The van der Waals surface area contributed by atoms with E-state index in [1.165, 1.54) is 0 Å². The molecule has 0 saturated carbocycles. The van der Waals surface area contributed by atoms with Gasteiger partial charge in [-0.25, -0.2) is 0 Å². The molecular weight excluding hydrogens is 340 g/mol. The molecule has 0 bridgehead atoms. The maximum atomic E-state index is 12.8. The summed E-state index contributed by atoms with van der Waals surface area (Å²) < 4.78 is 0. The minimum atomic E-state index is -0.0108. The molecule has 7 nitrogen and oxygen atoms in total. The first-order valence-corrected chi connectivity index (χ1v) is 9.33. The summed E-state index contributed by atoms with van der Waals surface area (Å²) in [5, 5.41) is 14.0. The van der Waals surface area contributed by atoms with Crippen molar-refractivity contribution in [3.05, 3.63) is 53.4 Å². The van der Waals surface area contributed by atoms with E-state index >= 15 is 0 Å². The number of H-pyrrole nitrogens is 2. The third kappa shape index (κ3) is 3.49. The Balaban J connectivity index is 1.51. The van der Waals surface area contributed by atoms with Gasteiger partial charge in [0, 0.05) is 47.8 Å². The van der Waals surface area contributed by atoms with Gasteiger partial charge in [0.25, 0.3) is 5.91 Å². The zero-order valence-corrected chi connectivity index (χ0v) is 15.9. The number of carbonyl (C=O) groups is 1. The van der Waals surface area contributed by atoms with E-state index in [4.69, 9.17) is 4.98 Å². The first-order valence-electron chi connectivity index (χ1n) is 9.33. The topological polar surface area (TPSA) is 90.6 Å². The smallest absolute Gasteiger partial charge is 0.274 e. The highest BCUT2D eigenvalue weighted by Gasteiger charge is 2.30. The number of nitrogens with zero attached hydrogens (tertiary/aromatic N) is 4. The molecule has 0 aromatic carbocycles.